The molecule has 2 aromatic rings. The molecule has 1 aromatic heterocycles. The number of aromatic nitrogens is 3. The van der Waals surface area contributed by atoms with Crippen LogP contribution in [0, 0.1) is 0 Å². The standard InChI is InChI=1S/C16H22N4O2/c1-19(8-3-2-4-9-21)16(22)15-7-5-6-14(10-15)11-20-13-17-12-18-20/h5-7,10,12-13,21H,2-4,8-9,11H2,1H3. The molecular formula is C16H22N4O2. The van der Waals surface area contributed by atoms with Crippen molar-refractivity contribution in [2.75, 3.05) is 20.2 Å². The molecule has 1 amide bonds. The maximum atomic E-state index is 12.4. The normalized spacial score (nSPS) is 10.6. The number of nitrogens with zero attached hydrogens (tertiary/aromatic N) is 4. The van der Waals surface area contributed by atoms with Gasteiger partial charge in [0.05, 0.1) is 6.54 Å². The van der Waals surface area contributed by atoms with E-state index in [1.165, 1.54) is 6.33 Å². The van der Waals surface area contributed by atoms with Crippen molar-refractivity contribution in [1.29, 1.82) is 0 Å². The number of aliphatic hydroxyl groups is 1. The summed E-state index contributed by atoms with van der Waals surface area (Å²) in [6.07, 6.45) is 5.77. The van der Waals surface area contributed by atoms with Crippen molar-refractivity contribution >= 4 is 5.91 Å². The molecule has 0 spiro atoms. The van der Waals surface area contributed by atoms with E-state index in [-0.39, 0.29) is 12.5 Å². The molecule has 0 saturated carbocycles. The molecule has 1 heterocycles. The van der Waals surface area contributed by atoms with Crippen LogP contribution in [0.1, 0.15) is 35.2 Å². The van der Waals surface area contributed by atoms with E-state index in [0.717, 1.165) is 24.8 Å². The Balaban J connectivity index is 1.94. The van der Waals surface area contributed by atoms with Gasteiger partial charge in [0, 0.05) is 25.8 Å². The van der Waals surface area contributed by atoms with Crippen molar-refractivity contribution in [3.05, 3.63) is 48.0 Å². The fraction of sp³-hybridized carbons (Fsp3) is 0.438. The van der Waals surface area contributed by atoms with Crippen molar-refractivity contribution in [2.24, 2.45) is 0 Å². The first kappa shape index (κ1) is 16.2. The van der Waals surface area contributed by atoms with Crippen LogP contribution in [0.4, 0.5) is 0 Å². The van der Waals surface area contributed by atoms with Crippen LogP contribution in [0.5, 0.6) is 0 Å². The van der Waals surface area contributed by atoms with Crippen molar-refractivity contribution in [3.63, 3.8) is 0 Å². The van der Waals surface area contributed by atoms with Crippen LogP contribution in [-0.4, -0.2) is 50.9 Å². The van der Waals surface area contributed by atoms with E-state index in [0.29, 0.717) is 18.7 Å². The number of benzene rings is 1. The molecule has 0 aliphatic heterocycles. The molecule has 1 N–H and O–H groups in total. The van der Waals surface area contributed by atoms with Crippen LogP contribution < -0.4 is 0 Å². The minimum atomic E-state index is 0.0180. The number of hydrogen-bond donors (Lipinski definition) is 1. The summed E-state index contributed by atoms with van der Waals surface area (Å²) >= 11 is 0. The molecule has 0 aliphatic carbocycles. The Morgan fingerprint density at radius 2 is 2.18 bits per heavy atom. The number of aliphatic hydroxyl groups excluding tert-OH is 1. The molecule has 0 radical (unpaired) electrons. The molecular weight excluding hydrogens is 280 g/mol. The third-order valence-electron chi connectivity index (χ3n) is 3.48. The van der Waals surface area contributed by atoms with Gasteiger partial charge in [0.1, 0.15) is 12.7 Å². The predicted molar refractivity (Wildman–Crippen MR) is 83.5 cm³/mol. The van der Waals surface area contributed by atoms with Crippen LogP contribution in [-0.2, 0) is 6.54 Å². The topological polar surface area (TPSA) is 71.2 Å². The Kier molecular flexibility index (Phi) is 6.09. The van der Waals surface area contributed by atoms with Crippen LogP contribution >= 0.6 is 0 Å². The second kappa shape index (κ2) is 8.29. The molecule has 0 atom stereocenters. The number of unbranched alkanes of at least 4 members (excludes halogenated alkanes) is 2. The quantitative estimate of drug-likeness (QED) is 0.751. The number of carbonyl (C=O) groups is 1. The Morgan fingerprint density at radius 3 is 2.91 bits per heavy atom. The first-order valence-electron chi connectivity index (χ1n) is 7.48. The smallest absolute Gasteiger partial charge is 0.253 e. The molecule has 0 aliphatic rings. The highest BCUT2D eigenvalue weighted by atomic mass is 16.2. The summed E-state index contributed by atoms with van der Waals surface area (Å²) in [6, 6.07) is 7.59. The number of carbonyl (C=O) groups excluding carboxylic acids is 1. The SMILES string of the molecule is CN(CCCCCO)C(=O)c1cccc(Cn2cncn2)c1. The second-order valence-corrected chi connectivity index (χ2v) is 5.30. The van der Waals surface area contributed by atoms with Crippen LogP contribution in [0.2, 0.25) is 0 Å². The van der Waals surface area contributed by atoms with Crippen molar-refractivity contribution in [3.8, 4) is 0 Å². The third kappa shape index (κ3) is 4.66. The summed E-state index contributed by atoms with van der Waals surface area (Å²) in [5.41, 5.74) is 1.70. The monoisotopic (exact) mass is 302 g/mol. The lowest BCUT2D eigenvalue weighted by atomic mass is 10.1. The highest BCUT2D eigenvalue weighted by molar-refractivity contribution is 5.94. The summed E-state index contributed by atoms with van der Waals surface area (Å²) in [7, 11) is 1.81. The molecule has 6 nitrogen and oxygen atoms in total. The van der Waals surface area contributed by atoms with Crippen LogP contribution in [0.3, 0.4) is 0 Å². The maximum absolute atomic E-state index is 12.4. The van der Waals surface area contributed by atoms with E-state index in [1.54, 1.807) is 15.9 Å². The molecule has 1 aromatic carbocycles. The lowest BCUT2D eigenvalue weighted by molar-refractivity contribution is 0.0792. The average Bonchev–Trinajstić information content (AvgIpc) is 3.04. The molecule has 0 bridgehead atoms. The fourth-order valence-electron chi connectivity index (χ4n) is 2.26. The zero-order chi connectivity index (χ0) is 15.8. The molecule has 0 saturated heterocycles. The first-order valence-corrected chi connectivity index (χ1v) is 7.48. The number of rotatable bonds is 8. The van der Waals surface area contributed by atoms with Crippen molar-refractivity contribution in [2.45, 2.75) is 25.8 Å². The highest BCUT2D eigenvalue weighted by Crippen LogP contribution is 2.10. The van der Waals surface area contributed by atoms with Gasteiger partial charge >= 0.3 is 0 Å². The maximum Gasteiger partial charge on any atom is 0.253 e. The average molecular weight is 302 g/mol. The zero-order valence-corrected chi connectivity index (χ0v) is 12.9. The van der Waals surface area contributed by atoms with E-state index < -0.39 is 0 Å². The Bertz CT molecular complexity index is 584. The minimum Gasteiger partial charge on any atom is -0.396 e. The Hall–Kier alpha value is -2.21. The third-order valence-corrected chi connectivity index (χ3v) is 3.48. The van der Waals surface area contributed by atoms with Crippen molar-refractivity contribution < 1.29 is 9.90 Å². The number of hydrogen-bond acceptors (Lipinski definition) is 4. The van der Waals surface area contributed by atoms with Gasteiger partial charge < -0.3 is 10.0 Å². The van der Waals surface area contributed by atoms with Gasteiger partial charge in [0.2, 0.25) is 0 Å². The highest BCUT2D eigenvalue weighted by Gasteiger charge is 2.11. The largest absolute Gasteiger partial charge is 0.396 e. The van der Waals surface area contributed by atoms with Gasteiger partial charge in [-0.1, -0.05) is 12.1 Å². The van der Waals surface area contributed by atoms with Crippen LogP contribution in [0.15, 0.2) is 36.9 Å². The van der Waals surface area contributed by atoms with E-state index >= 15 is 0 Å². The van der Waals surface area contributed by atoms with Crippen LogP contribution in [0.25, 0.3) is 0 Å². The van der Waals surface area contributed by atoms with Gasteiger partial charge in [-0.15, -0.1) is 0 Å². The summed E-state index contributed by atoms with van der Waals surface area (Å²) < 4.78 is 1.72. The Labute approximate surface area is 130 Å². The van der Waals surface area contributed by atoms with E-state index in [9.17, 15) is 4.79 Å². The molecule has 6 heteroatoms. The second-order valence-electron chi connectivity index (χ2n) is 5.30. The molecule has 118 valence electrons. The summed E-state index contributed by atoms with van der Waals surface area (Å²) in [4.78, 5) is 18.0. The zero-order valence-electron chi connectivity index (χ0n) is 12.9. The number of amides is 1. The summed E-state index contributed by atoms with van der Waals surface area (Å²) in [6.45, 7) is 1.51. The van der Waals surface area contributed by atoms with E-state index in [4.69, 9.17) is 5.11 Å². The van der Waals surface area contributed by atoms with E-state index in [1.807, 2.05) is 31.3 Å². The lowest BCUT2D eigenvalue weighted by Crippen LogP contribution is -2.27. The summed E-state index contributed by atoms with van der Waals surface area (Å²) in [5, 5.41) is 12.8. The van der Waals surface area contributed by atoms with Gasteiger partial charge in [-0.05, 0) is 37.0 Å². The van der Waals surface area contributed by atoms with Gasteiger partial charge in [-0.25, -0.2) is 9.67 Å². The lowest BCUT2D eigenvalue weighted by Gasteiger charge is -2.17. The Morgan fingerprint density at radius 1 is 1.32 bits per heavy atom. The summed E-state index contributed by atoms with van der Waals surface area (Å²) in [5.74, 6) is 0.0180. The van der Waals surface area contributed by atoms with Crippen molar-refractivity contribution in [1.82, 2.24) is 19.7 Å². The van der Waals surface area contributed by atoms with Gasteiger partial charge in [0.15, 0.2) is 0 Å². The van der Waals surface area contributed by atoms with Gasteiger partial charge in [-0.3, -0.25) is 4.79 Å². The van der Waals surface area contributed by atoms with Gasteiger partial charge in [-0.2, -0.15) is 5.10 Å². The molecule has 22 heavy (non-hydrogen) atoms. The van der Waals surface area contributed by atoms with Gasteiger partial charge in [0.25, 0.3) is 5.91 Å². The van der Waals surface area contributed by atoms with E-state index in [2.05, 4.69) is 10.1 Å². The fourth-order valence-corrected chi connectivity index (χ4v) is 2.26. The predicted octanol–water partition coefficient (Wildman–Crippen LogP) is 1.56. The first-order chi connectivity index (χ1) is 10.7. The molecule has 0 fully saturated rings. The molecule has 0 unspecified atom stereocenters. The molecule has 2 rings (SSSR count). The minimum absolute atomic E-state index is 0.0180.